The summed E-state index contributed by atoms with van der Waals surface area (Å²) >= 11 is 11.2. The molecule has 0 atom stereocenters. The Bertz CT molecular complexity index is 571. The van der Waals surface area contributed by atoms with Gasteiger partial charge in [-0.1, -0.05) is 23.7 Å². The van der Waals surface area contributed by atoms with Gasteiger partial charge in [0.15, 0.2) is 10.6 Å². The van der Waals surface area contributed by atoms with Crippen LogP contribution in [0, 0.1) is 11.7 Å². The maximum absolute atomic E-state index is 6.09. The first-order valence-electron chi connectivity index (χ1n) is 5.05. The van der Waals surface area contributed by atoms with Crippen LogP contribution in [0.2, 0.25) is 5.02 Å². The SMILES string of the molecule is CCn1c(-c2ccc(C)c(Cl)c2)n[nH]c1=S. The summed E-state index contributed by atoms with van der Waals surface area (Å²) in [4.78, 5) is 0. The van der Waals surface area contributed by atoms with Crippen molar-refractivity contribution in [3.05, 3.63) is 33.6 Å². The molecule has 1 N–H and O–H groups in total. The van der Waals surface area contributed by atoms with Crippen molar-refractivity contribution in [3.8, 4) is 11.4 Å². The summed E-state index contributed by atoms with van der Waals surface area (Å²) in [5, 5.41) is 7.75. The van der Waals surface area contributed by atoms with Crippen LogP contribution in [-0.2, 0) is 6.54 Å². The van der Waals surface area contributed by atoms with E-state index in [0.29, 0.717) is 4.77 Å². The molecule has 0 spiro atoms. The molecule has 0 fully saturated rings. The Morgan fingerprint density at radius 1 is 1.50 bits per heavy atom. The Kier molecular flexibility index (Phi) is 3.12. The molecule has 1 aromatic heterocycles. The number of aryl methyl sites for hydroxylation is 1. The van der Waals surface area contributed by atoms with Gasteiger partial charge in [-0.25, -0.2) is 0 Å². The van der Waals surface area contributed by atoms with E-state index in [4.69, 9.17) is 23.8 Å². The molecule has 3 nitrogen and oxygen atoms in total. The highest BCUT2D eigenvalue weighted by Crippen LogP contribution is 2.23. The fraction of sp³-hybridized carbons (Fsp3) is 0.273. The third kappa shape index (κ3) is 1.90. The number of benzene rings is 1. The van der Waals surface area contributed by atoms with Crippen molar-refractivity contribution in [1.82, 2.24) is 14.8 Å². The average Bonchev–Trinajstić information content (AvgIpc) is 2.63. The first-order valence-corrected chi connectivity index (χ1v) is 5.84. The third-order valence-electron chi connectivity index (χ3n) is 2.50. The average molecular weight is 254 g/mol. The highest BCUT2D eigenvalue weighted by molar-refractivity contribution is 7.71. The van der Waals surface area contributed by atoms with E-state index < -0.39 is 0 Å². The lowest BCUT2D eigenvalue weighted by molar-refractivity contribution is 0.755. The molecule has 0 bridgehead atoms. The number of aromatic nitrogens is 3. The quantitative estimate of drug-likeness (QED) is 0.830. The van der Waals surface area contributed by atoms with E-state index in [1.165, 1.54) is 0 Å². The zero-order valence-electron chi connectivity index (χ0n) is 9.12. The molecule has 16 heavy (non-hydrogen) atoms. The van der Waals surface area contributed by atoms with E-state index in [2.05, 4.69) is 10.2 Å². The minimum atomic E-state index is 0.634. The van der Waals surface area contributed by atoms with Crippen LogP contribution in [0.1, 0.15) is 12.5 Å². The second-order valence-corrected chi connectivity index (χ2v) is 4.35. The van der Waals surface area contributed by atoms with E-state index in [1.807, 2.05) is 36.6 Å². The Morgan fingerprint density at radius 3 is 2.88 bits per heavy atom. The van der Waals surface area contributed by atoms with Crippen LogP contribution >= 0.6 is 23.8 Å². The summed E-state index contributed by atoms with van der Waals surface area (Å²) in [6.45, 7) is 4.80. The van der Waals surface area contributed by atoms with Crippen molar-refractivity contribution in [2.24, 2.45) is 0 Å². The normalized spacial score (nSPS) is 10.7. The third-order valence-corrected chi connectivity index (χ3v) is 3.22. The van der Waals surface area contributed by atoms with Crippen molar-refractivity contribution < 1.29 is 0 Å². The van der Waals surface area contributed by atoms with Gasteiger partial charge in [-0.05, 0) is 37.7 Å². The monoisotopic (exact) mass is 253 g/mol. The Hall–Kier alpha value is -1.13. The molecule has 2 rings (SSSR count). The van der Waals surface area contributed by atoms with Gasteiger partial charge in [0.2, 0.25) is 0 Å². The van der Waals surface area contributed by atoms with Crippen molar-refractivity contribution in [2.75, 3.05) is 0 Å². The number of halogens is 1. The molecule has 0 aliphatic rings. The first-order chi connectivity index (χ1) is 7.63. The number of hydrogen-bond donors (Lipinski definition) is 1. The maximum Gasteiger partial charge on any atom is 0.195 e. The molecule has 0 aliphatic heterocycles. The molecule has 0 saturated heterocycles. The number of rotatable bonds is 2. The van der Waals surface area contributed by atoms with Gasteiger partial charge in [-0.2, -0.15) is 5.10 Å². The smallest absolute Gasteiger partial charge is 0.195 e. The van der Waals surface area contributed by atoms with Gasteiger partial charge < -0.3 is 4.57 Å². The van der Waals surface area contributed by atoms with Gasteiger partial charge in [0.1, 0.15) is 0 Å². The van der Waals surface area contributed by atoms with E-state index in [1.54, 1.807) is 0 Å². The van der Waals surface area contributed by atoms with Gasteiger partial charge in [0.25, 0.3) is 0 Å². The van der Waals surface area contributed by atoms with Crippen LogP contribution in [0.15, 0.2) is 18.2 Å². The van der Waals surface area contributed by atoms with E-state index >= 15 is 0 Å². The summed E-state index contributed by atoms with van der Waals surface area (Å²) in [5.41, 5.74) is 2.03. The zero-order valence-corrected chi connectivity index (χ0v) is 10.7. The maximum atomic E-state index is 6.09. The van der Waals surface area contributed by atoms with Crippen molar-refractivity contribution >= 4 is 23.8 Å². The topological polar surface area (TPSA) is 33.6 Å². The van der Waals surface area contributed by atoms with Crippen LogP contribution < -0.4 is 0 Å². The molecular formula is C11H12ClN3S. The fourth-order valence-corrected chi connectivity index (χ4v) is 2.01. The summed E-state index contributed by atoms with van der Waals surface area (Å²) in [7, 11) is 0. The second kappa shape index (κ2) is 4.39. The number of nitrogens with one attached hydrogen (secondary N) is 1. The number of hydrogen-bond acceptors (Lipinski definition) is 2. The second-order valence-electron chi connectivity index (χ2n) is 3.56. The van der Waals surface area contributed by atoms with Gasteiger partial charge in [-0.15, -0.1) is 0 Å². The van der Waals surface area contributed by atoms with Crippen molar-refractivity contribution in [1.29, 1.82) is 0 Å². The molecule has 0 aliphatic carbocycles. The molecule has 0 radical (unpaired) electrons. The molecule has 1 aromatic carbocycles. The van der Waals surface area contributed by atoms with Gasteiger partial charge in [0.05, 0.1) is 0 Å². The molecule has 2 aromatic rings. The lowest BCUT2D eigenvalue weighted by Crippen LogP contribution is -1.97. The molecular weight excluding hydrogens is 242 g/mol. The Morgan fingerprint density at radius 2 is 2.25 bits per heavy atom. The highest BCUT2D eigenvalue weighted by atomic mass is 35.5. The summed E-state index contributed by atoms with van der Waals surface area (Å²) in [6, 6.07) is 5.89. The van der Waals surface area contributed by atoms with E-state index in [0.717, 1.165) is 28.5 Å². The van der Waals surface area contributed by atoms with E-state index in [-0.39, 0.29) is 0 Å². The molecule has 84 valence electrons. The van der Waals surface area contributed by atoms with Crippen LogP contribution in [0.3, 0.4) is 0 Å². The van der Waals surface area contributed by atoms with Crippen LogP contribution in [0.25, 0.3) is 11.4 Å². The van der Waals surface area contributed by atoms with Crippen molar-refractivity contribution in [2.45, 2.75) is 20.4 Å². The Labute approximate surface area is 104 Å². The predicted octanol–water partition coefficient (Wildman–Crippen LogP) is 3.59. The largest absolute Gasteiger partial charge is 0.300 e. The lowest BCUT2D eigenvalue weighted by Gasteiger charge is -2.05. The highest BCUT2D eigenvalue weighted by Gasteiger charge is 2.08. The van der Waals surface area contributed by atoms with Gasteiger partial charge >= 0.3 is 0 Å². The molecule has 0 saturated carbocycles. The van der Waals surface area contributed by atoms with Crippen LogP contribution in [0.4, 0.5) is 0 Å². The number of nitrogens with zero attached hydrogens (tertiary/aromatic N) is 2. The zero-order chi connectivity index (χ0) is 11.7. The molecule has 1 heterocycles. The molecule has 5 heteroatoms. The summed E-state index contributed by atoms with van der Waals surface area (Å²) in [6.07, 6.45) is 0. The summed E-state index contributed by atoms with van der Waals surface area (Å²) in [5.74, 6) is 0.828. The minimum Gasteiger partial charge on any atom is -0.300 e. The Balaban J connectivity index is 2.58. The van der Waals surface area contributed by atoms with Crippen molar-refractivity contribution in [3.63, 3.8) is 0 Å². The lowest BCUT2D eigenvalue weighted by atomic mass is 10.1. The minimum absolute atomic E-state index is 0.634. The van der Waals surface area contributed by atoms with Gasteiger partial charge in [-0.3, -0.25) is 5.10 Å². The first kappa shape index (κ1) is 11.4. The summed E-state index contributed by atoms with van der Waals surface area (Å²) < 4.78 is 2.57. The molecule has 0 amide bonds. The van der Waals surface area contributed by atoms with Crippen LogP contribution in [0.5, 0.6) is 0 Å². The molecule has 0 unspecified atom stereocenters. The number of H-pyrrole nitrogens is 1. The van der Waals surface area contributed by atoms with Gasteiger partial charge in [0, 0.05) is 17.1 Å². The predicted molar refractivity (Wildman–Crippen MR) is 68.3 cm³/mol. The van der Waals surface area contributed by atoms with Crippen LogP contribution in [-0.4, -0.2) is 14.8 Å². The number of aromatic amines is 1. The fourth-order valence-electron chi connectivity index (χ4n) is 1.56. The standard InChI is InChI=1S/C11H12ClN3S/c1-3-15-10(13-14-11(15)16)8-5-4-7(2)9(12)6-8/h4-6H,3H2,1-2H3,(H,14,16). The van der Waals surface area contributed by atoms with E-state index in [9.17, 15) is 0 Å².